The van der Waals surface area contributed by atoms with Gasteiger partial charge in [0, 0.05) is 43.1 Å². The zero-order chi connectivity index (χ0) is 16.3. The normalized spacial score (nSPS) is 11.4. The molecule has 0 saturated heterocycles. The minimum atomic E-state index is -0.358. The van der Waals surface area contributed by atoms with Crippen LogP contribution in [0.25, 0.3) is 5.70 Å². The molecule has 0 aliphatic carbocycles. The van der Waals surface area contributed by atoms with Crippen LogP contribution in [0.2, 0.25) is 10.0 Å². The van der Waals surface area contributed by atoms with Crippen molar-refractivity contribution in [1.29, 1.82) is 0 Å². The van der Waals surface area contributed by atoms with Crippen LogP contribution in [0.5, 0.6) is 0 Å². The summed E-state index contributed by atoms with van der Waals surface area (Å²) in [5.74, 6) is -0.358. The van der Waals surface area contributed by atoms with E-state index in [0.717, 1.165) is 0 Å². The highest BCUT2D eigenvalue weighted by Crippen LogP contribution is 2.24. The number of aromatic nitrogens is 1. The van der Waals surface area contributed by atoms with Gasteiger partial charge in [-0.15, -0.1) is 0 Å². The Labute approximate surface area is 138 Å². The lowest BCUT2D eigenvalue weighted by atomic mass is 10.1. The summed E-state index contributed by atoms with van der Waals surface area (Å²) in [6.45, 7) is 0. The first-order chi connectivity index (χ1) is 10.4. The lowest BCUT2D eigenvalue weighted by molar-refractivity contribution is 0.105. The Morgan fingerprint density at radius 3 is 2.50 bits per heavy atom. The molecular weight excluding hydrogens is 323 g/mol. The van der Waals surface area contributed by atoms with E-state index in [-0.39, 0.29) is 27.6 Å². The number of carbonyl (C=O) groups is 1. The Morgan fingerprint density at radius 2 is 1.91 bits per heavy atom. The molecule has 0 saturated carbocycles. The third-order valence-electron chi connectivity index (χ3n) is 2.87. The molecule has 2 aromatic rings. The van der Waals surface area contributed by atoms with Gasteiger partial charge in [-0.05, 0) is 24.3 Å². The second-order valence-corrected chi connectivity index (χ2v) is 5.68. The molecule has 1 aromatic heterocycles. The summed E-state index contributed by atoms with van der Waals surface area (Å²) in [5, 5.41) is 0.683. The fraction of sp³-hybridized carbons (Fsp3) is 0.125. The fourth-order valence-electron chi connectivity index (χ4n) is 1.91. The predicted octanol–water partition coefficient (Wildman–Crippen LogP) is 3.40. The van der Waals surface area contributed by atoms with E-state index in [2.05, 4.69) is 0 Å². The molecule has 6 heteroatoms. The molecular formula is C16H14Cl2N2O2. The number of Topliss-reactive ketones (excluding diaryl/α,β-unsaturated/α-hetero) is 1. The third kappa shape index (κ3) is 3.59. The van der Waals surface area contributed by atoms with Gasteiger partial charge in [0.15, 0.2) is 0 Å². The van der Waals surface area contributed by atoms with E-state index < -0.39 is 0 Å². The van der Waals surface area contributed by atoms with Crippen LogP contribution in [0, 0.1) is 0 Å². The van der Waals surface area contributed by atoms with E-state index in [0.29, 0.717) is 5.02 Å². The molecule has 0 atom stereocenters. The van der Waals surface area contributed by atoms with E-state index in [1.54, 1.807) is 55.7 Å². The summed E-state index contributed by atoms with van der Waals surface area (Å²) in [6, 6.07) is 9.32. The number of pyridine rings is 1. The zero-order valence-electron chi connectivity index (χ0n) is 12.1. The Balaban J connectivity index is 2.58. The molecule has 0 fully saturated rings. The molecule has 0 spiro atoms. The fourth-order valence-corrected chi connectivity index (χ4v) is 2.41. The van der Waals surface area contributed by atoms with Gasteiger partial charge in [0.05, 0.1) is 5.02 Å². The van der Waals surface area contributed by atoms with Crippen molar-refractivity contribution in [3.8, 4) is 0 Å². The zero-order valence-corrected chi connectivity index (χ0v) is 13.6. The number of carbonyl (C=O) groups excluding carboxylic acids is 1. The number of allylic oxidation sites excluding steroid dienone is 1. The van der Waals surface area contributed by atoms with Crippen molar-refractivity contribution in [2.75, 3.05) is 14.1 Å². The molecule has 0 aliphatic heterocycles. The SMILES string of the molecule is CN(C)/C=C(\C(=O)c1ccc(Cl)cc1Cl)n1ccccc1=O. The molecule has 0 N–H and O–H groups in total. The van der Waals surface area contributed by atoms with Gasteiger partial charge in [-0.2, -0.15) is 0 Å². The topological polar surface area (TPSA) is 42.3 Å². The first-order valence-corrected chi connectivity index (χ1v) is 7.22. The Bertz CT molecular complexity index is 795. The summed E-state index contributed by atoms with van der Waals surface area (Å²) in [4.78, 5) is 26.5. The quantitative estimate of drug-likeness (QED) is 0.634. The largest absolute Gasteiger partial charge is 0.382 e. The standard InChI is InChI=1S/C16H14Cl2N2O2/c1-19(2)10-14(20-8-4-3-5-15(20)21)16(22)12-7-6-11(17)9-13(12)18/h3-10H,1-2H3/b14-10+. The van der Waals surface area contributed by atoms with Gasteiger partial charge < -0.3 is 4.90 Å². The lowest BCUT2D eigenvalue weighted by Gasteiger charge is -2.14. The number of hydrogen-bond donors (Lipinski definition) is 0. The summed E-state index contributed by atoms with van der Waals surface area (Å²) < 4.78 is 1.28. The van der Waals surface area contributed by atoms with Crippen LogP contribution >= 0.6 is 23.2 Å². The molecule has 0 bridgehead atoms. The highest BCUT2D eigenvalue weighted by molar-refractivity contribution is 6.39. The van der Waals surface area contributed by atoms with Crippen molar-refractivity contribution in [1.82, 2.24) is 9.47 Å². The van der Waals surface area contributed by atoms with Gasteiger partial charge >= 0.3 is 0 Å². The summed E-state index contributed by atoms with van der Waals surface area (Å²) in [7, 11) is 3.54. The molecule has 2 rings (SSSR count). The van der Waals surface area contributed by atoms with Crippen molar-refractivity contribution in [3.63, 3.8) is 0 Å². The first kappa shape index (κ1) is 16.3. The van der Waals surface area contributed by atoms with E-state index in [4.69, 9.17) is 23.2 Å². The average molecular weight is 337 g/mol. The van der Waals surface area contributed by atoms with Gasteiger partial charge in [-0.3, -0.25) is 14.2 Å². The minimum absolute atomic E-state index is 0.208. The number of benzene rings is 1. The summed E-state index contributed by atoms with van der Waals surface area (Å²) in [5.41, 5.74) is 0.198. The molecule has 22 heavy (non-hydrogen) atoms. The van der Waals surface area contributed by atoms with Crippen molar-refractivity contribution < 1.29 is 4.79 Å². The minimum Gasteiger partial charge on any atom is -0.382 e. The lowest BCUT2D eigenvalue weighted by Crippen LogP contribution is -2.23. The van der Waals surface area contributed by atoms with Crippen LogP contribution in [0.4, 0.5) is 0 Å². The summed E-state index contributed by atoms with van der Waals surface area (Å²) >= 11 is 12.0. The Hall–Kier alpha value is -2.04. The molecule has 0 unspecified atom stereocenters. The van der Waals surface area contributed by atoms with Crippen LogP contribution in [-0.2, 0) is 0 Å². The van der Waals surface area contributed by atoms with Crippen molar-refractivity contribution in [2.45, 2.75) is 0 Å². The van der Waals surface area contributed by atoms with Crippen LogP contribution in [-0.4, -0.2) is 29.3 Å². The van der Waals surface area contributed by atoms with Crippen molar-refractivity contribution in [3.05, 3.63) is 74.8 Å². The van der Waals surface area contributed by atoms with Crippen LogP contribution < -0.4 is 5.56 Å². The van der Waals surface area contributed by atoms with Crippen molar-refractivity contribution in [2.24, 2.45) is 0 Å². The van der Waals surface area contributed by atoms with Gasteiger partial charge in [0.25, 0.3) is 5.56 Å². The van der Waals surface area contributed by atoms with Crippen LogP contribution in [0.1, 0.15) is 10.4 Å². The Morgan fingerprint density at radius 1 is 1.18 bits per heavy atom. The maximum Gasteiger partial charge on any atom is 0.255 e. The van der Waals surface area contributed by atoms with E-state index in [9.17, 15) is 9.59 Å². The van der Waals surface area contributed by atoms with E-state index >= 15 is 0 Å². The maximum atomic E-state index is 12.8. The Kier molecular flexibility index (Phi) is 5.06. The summed E-state index contributed by atoms with van der Waals surface area (Å²) in [6.07, 6.45) is 3.12. The molecule has 0 aliphatic rings. The number of hydrogen-bond acceptors (Lipinski definition) is 3. The van der Waals surface area contributed by atoms with E-state index in [1.165, 1.54) is 16.7 Å². The number of rotatable bonds is 4. The predicted molar refractivity (Wildman–Crippen MR) is 89.5 cm³/mol. The molecule has 1 aromatic carbocycles. The van der Waals surface area contributed by atoms with Gasteiger partial charge in [-0.25, -0.2) is 0 Å². The second kappa shape index (κ2) is 6.81. The van der Waals surface area contributed by atoms with Gasteiger partial charge in [0.2, 0.25) is 5.78 Å². The maximum absolute atomic E-state index is 12.8. The molecule has 0 amide bonds. The highest BCUT2D eigenvalue weighted by atomic mass is 35.5. The van der Waals surface area contributed by atoms with Crippen LogP contribution in [0.3, 0.4) is 0 Å². The average Bonchev–Trinajstić information content (AvgIpc) is 2.45. The molecule has 0 radical (unpaired) electrons. The number of nitrogens with zero attached hydrogens (tertiary/aromatic N) is 2. The monoisotopic (exact) mass is 336 g/mol. The number of halogens is 2. The number of ketones is 1. The molecule has 4 nitrogen and oxygen atoms in total. The van der Waals surface area contributed by atoms with Gasteiger partial charge in [0.1, 0.15) is 5.70 Å². The third-order valence-corrected chi connectivity index (χ3v) is 3.42. The molecule has 1 heterocycles. The van der Waals surface area contributed by atoms with Crippen LogP contribution in [0.15, 0.2) is 53.6 Å². The molecule has 114 valence electrons. The smallest absolute Gasteiger partial charge is 0.255 e. The second-order valence-electron chi connectivity index (χ2n) is 4.84. The van der Waals surface area contributed by atoms with E-state index in [1.807, 2.05) is 0 Å². The highest BCUT2D eigenvalue weighted by Gasteiger charge is 2.18. The van der Waals surface area contributed by atoms with Crippen molar-refractivity contribution >= 4 is 34.7 Å². The van der Waals surface area contributed by atoms with Gasteiger partial charge in [-0.1, -0.05) is 29.3 Å². The first-order valence-electron chi connectivity index (χ1n) is 6.46.